The van der Waals surface area contributed by atoms with Crippen LogP contribution >= 0.6 is 0 Å². The third-order valence-corrected chi connectivity index (χ3v) is 2.61. The molecule has 80 valence electrons. The van der Waals surface area contributed by atoms with Gasteiger partial charge in [-0.15, -0.1) is 0 Å². The van der Waals surface area contributed by atoms with Crippen LogP contribution in [0.25, 0.3) is 0 Å². The van der Waals surface area contributed by atoms with E-state index in [1.165, 1.54) is 0 Å². The van der Waals surface area contributed by atoms with E-state index < -0.39 is 10.8 Å². The second kappa shape index (κ2) is 5.14. The molecule has 0 aliphatic rings. The van der Waals surface area contributed by atoms with Crippen LogP contribution in [0, 0.1) is 6.92 Å². The third-order valence-electron chi connectivity index (χ3n) is 1.85. The molecular weight excluding hydrogens is 198 g/mol. The number of aryl methyl sites for hydroxylation is 2. The van der Waals surface area contributed by atoms with Gasteiger partial charge in [0.25, 0.3) is 0 Å². The van der Waals surface area contributed by atoms with Crippen LogP contribution in [0.15, 0.2) is 6.20 Å². The molecule has 0 saturated carbocycles. The maximum atomic E-state index is 11.0. The minimum absolute atomic E-state index is 0.675. The van der Waals surface area contributed by atoms with Gasteiger partial charge in [0.2, 0.25) is 5.95 Å². The molecule has 1 rings (SSSR count). The summed E-state index contributed by atoms with van der Waals surface area (Å²) in [5.74, 6) is 1.55. The molecule has 1 unspecified atom stereocenters. The molecule has 1 aromatic rings. The van der Waals surface area contributed by atoms with Crippen molar-refractivity contribution >= 4 is 16.7 Å². The van der Waals surface area contributed by atoms with E-state index in [1.807, 2.05) is 24.6 Å². The van der Waals surface area contributed by atoms with Gasteiger partial charge in [-0.3, -0.25) is 4.21 Å². The molecule has 0 aliphatic carbocycles. The number of anilines is 1. The van der Waals surface area contributed by atoms with Crippen LogP contribution < -0.4 is 5.32 Å². The molecule has 1 aromatic heterocycles. The Bertz CT molecular complexity index is 322. The summed E-state index contributed by atoms with van der Waals surface area (Å²) in [5, 5.41) is 3.17. The Morgan fingerprint density at radius 1 is 1.64 bits per heavy atom. The van der Waals surface area contributed by atoms with Crippen molar-refractivity contribution in [1.82, 2.24) is 9.55 Å². The smallest absolute Gasteiger partial charge is 0.203 e. The molecular formula is C9H17N3OS. The molecule has 0 spiro atoms. The molecule has 0 saturated heterocycles. The van der Waals surface area contributed by atoms with E-state index in [9.17, 15) is 4.21 Å². The minimum Gasteiger partial charge on any atom is -0.356 e. The highest BCUT2D eigenvalue weighted by Gasteiger charge is 2.04. The van der Waals surface area contributed by atoms with Crippen LogP contribution in [-0.2, 0) is 17.3 Å². The summed E-state index contributed by atoms with van der Waals surface area (Å²) in [6, 6.07) is 0. The third kappa shape index (κ3) is 3.14. The Morgan fingerprint density at radius 2 is 2.36 bits per heavy atom. The minimum atomic E-state index is -0.745. The van der Waals surface area contributed by atoms with Crippen molar-refractivity contribution in [1.29, 1.82) is 0 Å². The zero-order valence-corrected chi connectivity index (χ0v) is 9.73. The highest BCUT2D eigenvalue weighted by molar-refractivity contribution is 7.84. The molecule has 1 heterocycles. The zero-order valence-electron chi connectivity index (χ0n) is 8.91. The fourth-order valence-corrected chi connectivity index (χ4v) is 1.70. The summed E-state index contributed by atoms with van der Waals surface area (Å²) in [4.78, 5) is 4.33. The molecule has 1 N–H and O–H groups in total. The molecule has 0 bridgehead atoms. The lowest BCUT2D eigenvalue weighted by Gasteiger charge is -2.06. The predicted octanol–water partition coefficient (Wildman–Crippen LogP) is 1.00. The van der Waals surface area contributed by atoms with E-state index in [0.717, 1.165) is 24.7 Å². The highest BCUT2D eigenvalue weighted by Crippen LogP contribution is 2.07. The fraction of sp³-hybridized carbons (Fsp3) is 0.667. The summed E-state index contributed by atoms with van der Waals surface area (Å²) in [5.41, 5.74) is 0.989. The molecule has 4 nitrogen and oxygen atoms in total. The molecule has 0 aliphatic heterocycles. The number of rotatable bonds is 5. The van der Waals surface area contributed by atoms with E-state index in [2.05, 4.69) is 10.3 Å². The van der Waals surface area contributed by atoms with Crippen LogP contribution in [0.1, 0.15) is 12.6 Å². The average Bonchev–Trinajstić information content (AvgIpc) is 2.44. The van der Waals surface area contributed by atoms with Gasteiger partial charge in [0.05, 0.1) is 5.69 Å². The Morgan fingerprint density at radius 3 is 2.93 bits per heavy atom. The molecule has 0 fully saturated rings. The summed E-state index contributed by atoms with van der Waals surface area (Å²) in [6.07, 6.45) is 3.70. The average molecular weight is 215 g/mol. The first kappa shape index (κ1) is 11.2. The Labute approximate surface area is 87.2 Å². The number of nitrogens with one attached hydrogen (secondary N) is 1. The quantitative estimate of drug-likeness (QED) is 0.797. The van der Waals surface area contributed by atoms with Crippen LogP contribution in [0.2, 0.25) is 0 Å². The normalized spacial score (nSPS) is 12.8. The van der Waals surface area contributed by atoms with E-state index in [4.69, 9.17) is 0 Å². The second-order valence-electron chi connectivity index (χ2n) is 3.21. The van der Waals surface area contributed by atoms with Crippen molar-refractivity contribution in [2.75, 3.05) is 23.9 Å². The van der Waals surface area contributed by atoms with Crippen LogP contribution in [0.4, 0.5) is 5.95 Å². The standard InChI is InChI=1S/C9H17N3OS/c1-4-10-9-11-8(2)7-12(9)5-6-14(3)13/h7H,4-6H2,1-3H3,(H,10,11). The van der Waals surface area contributed by atoms with E-state index in [0.29, 0.717) is 5.75 Å². The highest BCUT2D eigenvalue weighted by atomic mass is 32.2. The van der Waals surface area contributed by atoms with E-state index in [-0.39, 0.29) is 0 Å². The zero-order chi connectivity index (χ0) is 10.6. The van der Waals surface area contributed by atoms with Crippen LogP contribution in [-0.4, -0.2) is 32.3 Å². The topological polar surface area (TPSA) is 46.9 Å². The molecule has 0 aromatic carbocycles. The molecule has 1 atom stereocenters. The van der Waals surface area contributed by atoms with Gasteiger partial charge < -0.3 is 9.88 Å². The summed E-state index contributed by atoms with van der Waals surface area (Å²) >= 11 is 0. The van der Waals surface area contributed by atoms with Gasteiger partial charge >= 0.3 is 0 Å². The van der Waals surface area contributed by atoms with Crippen molar-refractivity contribution in [2.24, 2.45) is 0 Å². The van der Waals surface area contributed by atoms with Crippen molar-refractivity contribution < 1.29 is 4.21 Å². The van der Waals surface area contributed by atoms with Gasteiger partial charge in [-0.2, -0.15) is 0 Å². The molecule has 0 radical (unpaired) electrons. The summed E-state index contributed by atoms with van der Waals surface area (Å²) in [7, 11) is -0.745. The Balaban J connectivity index is 2.68. The van der Waals surface area contributed by atoms with Crippen molar-refractivity contribution in [3.05, 3.63) is 11.9 Å². The number of imidazole rings is 1. The molecule has 5 heteroatoms. The first-order valence-electron chi connectivity index (χ1n) is 4.71. The van der Waals surface area contributed by atoms with Gasteiger partial charge in [0.15, 0.2) is 0 Å². The fourth-order valence-electron chi connectivity index (χ4n) is 1.24. The Kier molecular flexibility index (Phi) is 4.13. The van der Waals surface area contributed by atoms with Gasteiger partial charge in [-0.05, 0) is 13.8 Å². The first-order valence-corrected chi connectivity index (χ1v) is 6.44. The van der Waals surface area contributed by atoms with Crippen molar-refractivity contribution in [3.8, 4) is 0 Å². The van der Waals surface area contributed by atoms with E-state index in [1.54, 1.807) is 6.26 Å². The molecule has 14 heavy (non-hydrogen) atoms. The lowest BCUT2D eigenvalue weighted by atomic mass is 10.6. The molecule has 0 amide bonds. The maximum Gasteiger partial charge on any atom is 0.203 e. The van der Waals surface area contributed by atoms with Crippen LogP contribution in [0.3, 0.4) is 0 Å². The van der Waals surface area contributed by atoms with Crippen molar-refractivity contribution in [3.63, 3.8) is 0 Å². The van der Waals surface area contributed by atoms with Gasteiger partial charge in [-0.25, -0.2) is 4.98 Å². The summed E-state index contributed by atoms with van der Waals surface area (Å²) < 4.78 is 13.0. The Hall–Kier alpha value is -0.840. The number of aromatic nitrogens is 2. The van der Waals surface area contributed by atoms with Gasteiger partial charge in [0, 0.05) is 42.1 Å². The van der Waals surface area contributed by atoms with Crippen LogP contribution in [0.5, 0.6) is 0 Å². The predicted molar refractivity (Wildman–Crippen MR) is 60.1 cm³/mol. The number of hydrogen-bond acceptors (Lipinski definition) is 3. The SMILES string of the molecule is CCNc1nc(C)cn1CCS(C)=O. The van der Waals surface area contributed by atoms with Crippen molar-refractivity contribution in [2.45, 2.75) is 20.4 Å². The monoisotopic (exact) mass is 215 g/mol. The lowest BCUT2D eigenvalue weighted by Crippen LogP contribution is -2.10. The second-order valence-corrected chi connectivity index (χ2v) is 4.76. The largest absolute Gasteiger partial charge is 0.356 e. The van der Waals surface area contributed by atoms with E-state index >= 15 is 0 Å². The summed E-state index contributed by atoms with van der Waals surface area (Å²) in [6.45, 7) is 5.60. The van der Waals surface area contributed by atoms with Gasteiger partial charge in [0.1, 0.15) is 0 Å². The maximum absolute atomic E-state index is 11.0. The number of hydrogen-bond donors (Lipinski definition) is 1. The van der Waals surface area contributed by atoms with Gasteiger partial charge in [-0.1, -0.05) is 0 Å². The lowest BCUT2D eigenvalue weighted by molar-refractivity contribution is 0.678. The number of nitrogens with zero attached hydrogens (tertiary/aromatic N) is 2. The first-order chi connectivity index (χ1) is 6.63.